The van der Waals surface area contributed by atoms with Gasteiger partial charge in [-0.05, 0) is 195 Å². The number of aryl methyl sites for hydroxylation is 12. The number of thiophene rings is 2. The molecule has 3 amide bonds. The summed E-state index contributed by atoms with van der Waals surface area (Å²) in [5.41, 5.74) is 11.3. The van der Waals surface area contributed by atoms with Crippen LogP contribution in [0.5, 0.6) is 31.7 Å². The number of methoxy groups -OCH3 is 5. The highest BCUT2D eigenvalue weighted by molar-refractivity contribution is 7.99. The van der Waals surface area contributed by atoms with E-state index < -0.39 is 10.0 Å². The van der Waals surface area contributed by atoms with Crippen LogP contribution in [0.15, 0.2) is 252 Å². The molecular formula is C92H109N11O12S7. The van der Waals surface area contributed by atoms with E-state index in [-0.39, 0.29) is 28.7 Å². The quantitative estimate of drug-likeness (QED) is 0.0432. The third-order valence-electron chi connectivity index (χ3n) is 16.1. The fourth-order valence-corrected chi connectivity index (χ4v) is 14.9. The van der Waals surface area contributed by atoms with Gasteiger partial charge in [0.15, 0.2) is 15.2 Å². The van der Waals surface area contributed by atoms with Gasteiger partial charge < -0.3 is 38.2 Å². The van der Waals surface area contributed by atoms with Crippen molar-refractivity contribution in [3.05, 3.63) is 329 Å². The lowest BCUT2D eigenvalue weighted by atomic mass is 10.1. The molecule has 8 heterocycles. The van der Waals surface area contributed by atoms with Crippen LogP contribution in [-0.2, 0) is 23.1 Å². The molecule has 30 heteroatoms. The first kappa shape index (κ1) is 101. The van der Waals surface area contributed by atoms with Crippen molar-refractivity contribution in [1.29, 1.82) is 0 Å². The number of carbonyl (C=O) groups excluding carboxylic acids is 3. The predicted molar refractivity (Wildman–Crippen MR) is 498 cm³/mol. The van der Waals surface area contributed by atoms with Gasteiger partial charge in [0.25, 0.3) is 38.1 Å². The first-order valence-corrected chi connectivity index (χ1v) is 44.8. The Hall–Kier alpha value is -11.6. The lowest BCUT2D eigenvalue weighted by Crippen LogP contribution is -2.29. The number of nitrogens with one attached hydrogen (secondary N) is 2. The summed E-state index contributed by atoms with van der Waals surface area (Å²) < 4.78 is 62.9. The molecule has 0 saturated heterocycles. The zero-order valence-electron chi connectivity index (χ0n) is 72.5. The molecule has 7 aromatic heterocycles. The minimum absolute atomic E-state index is 0.0522. The number of imide groups is 1. The van der Waals surface area contributed by atoms with Gasteiger partial charge in [0.05, 0.1) is 94.4 Å². The highest BCUT2D eigenvalue weighted by Crippen LogP contribution is 2.28. The van der Waals surface area contributed by atoms with Gasteiger partial charge in [0.1, 0.15) is 5.01 Å². The molecule has 0 saturated carbocycles. The van der Waals surface area contributed by atoms with Gasteiger partial charge in [-0.2, -0.15) is 5.10 Å². The summed E-state index contributed by atoms with van der Waals surface area (Å²) in [5, 5.41) is 27.6. The number of anilines is 1. The van der Waals surface area contributed by atoms with E-state index in [1.54, 1.807) is 166 Å². The number of para-hydroxylation sites is 1. The number of hydrogen-bond donors (Lipinski definition) is 2. The van der Waals surface area contributed by atoms with E-state index in [4.69, 9.17) is 28.1 Å². The molecule has 0 radical (unpaired) electrons. The number of hydrogen-bond acceptors (Lipinski definition) is 25. The largest absolute Gasteiger partial charge is 0.487 e. The predicted octanol–water partition coefficient (Wildman–Crippen LogP) is 21.8. The number of nitrogens with zero attached hydrogens (tertiary/aromatic N) is 9. The van der Waals surface area contributed by atoms with Crippen molar-refractivity contribution in [1.82, 2.24) is 50.4 Å². The van der Waals surface area contributed by atoms with Crippen LogP contribution in [0, 0.1) is 83.1 Å². The van der Waals surface area contributed by atoms with Crippen molar-refractivity contribution in [3.63, 3.8) is 0 Å². The van der Waals surface area contributed by atoms with Gasteiger partial charge in [-0.15, -0.1) is 56.3 Å². The summed E-state index contributed by atoms with van der Waals surface area (Å²) in [7, 11) is 4.51. The number of thiazole rings is 2. The Balaban J connectivity index is 0.000000242. The summed E-state index contributed by atoms with van der Waals surface area (Å²) >= 11 is 9.81. The second-order valence-electron chi connectivity index (χ2n) is 26.0. The number of sulfonamides is 1. The van der Waals surface area contributed by atoms with Crippen molar-refractivity contribution < 1.29 is 55.6 Å². The van der Waals surface area contributed by atoms with Crippen LogP contribution in [0.4, 0.5) is 5.69 Å². The Kier molecular flexibility index (Phi) is 45.8. The van der Waals surface area contributed by atoms with E-state index in [0.717, 1.165) is 77.1 Å². The highest BCUT2D eigenvalue weighted by atomic mass is 32.2. The first-order valence-electron chi connectivity index (χ1n) is 38.3. The minimum atomic E-state index is -3.50. The molecule has 646 valence electrons. The van der Waals surface area contributed by atoms with Gasteiger partial charge in [-0.3, -0.25) is 28.7 Å². The van der Waals surface area contributed by atoms with Gasteiger partial charge in [0.2, 0.25) is 5.89 Å². The van der Waals surface area contributed by atoms with E-state index in [0.29, 0.717) is 46.6 Å². The standard InChI is InChI=1S/C16H13NO2.C14H15NO2S.C11H12N2.C11H13NO.C9H12S.C7H10OS.C6H8OS.2C5H7NOS.C4H6N2O2.C4H6N2OS/c1-11-6-2-3-7-12(11)10-17-15(18)13-8-4-5-9-14(13)16(17)19;1-11-7-9-13(10-8-11)18(16,17)15-14-6-4-3-5-12(14)2;1-10-7-12-13(8-10)9-11-5-3-2-4-6-11;1-3-7-12-11(13)10-6-4-5-9(2)8-10;1-3-10-9-7-5-4-6-8(9)2;1-3-8-7-5-4-6(2)9-7;1-5-3-4-6(7-2)8-5;1-4-6-3-5(7-2)8-4;1-4-3-6-5(7-2)8-4;2*1-3-5-6-4(7-2)8-3/h2-9H,10H2,1H3;3-10,15H,1-2H3;2-8H,9H2,1H3;3-6,8H,1,7H2,2H3,(H,12,13);4-7H,3H2,1-2H3;4-5H,3H2,1-2H3;3-4H,1-2H3;2*3H,1-2H3;2*1-2H3. The number of rotatable bonds is 19. The molecule has 2 N–H and O–H groups in total. The number of fused-ring (bicyclic) bond motifs is 1. The molecule has 15 rings (SSSR count). The van der Waals surface area contributed by atoms with Crippen molar-refractivity contribution in [3.8, 4) is 31.7 Å². The van der Waals surface area contributed by atoms with Crippen molar-refractivity contribution >= 4 is 102 Å². The Morgan fingerprint density at radius 3 is 1.57 bits per heavy atom. The smallest absolute Gasteiger partial charge is 0.414 e. The van der Waals surface area contributed by atoms with E-state index >= 15 is 0 Å². The van der Waals surface area contributed by atoms with Crippen LogP contribution < -0.4 is 38.5 Å². The zero-order valence-corrected chi connectivity index (χ0v) is 78.2. The maximum absolute atomic E-state index is 12.2. The maximum atomic E-state index is 12.2. The lowest BCUT2D eigenvalue weighted by Gasteiger charge is -2.15. The fraction of sp³-hybridized carbons (Fsp3) is 0.261. The molecule has 1 aliphatic rings. The van der Waals surface area contributed by atoms with Crippen LogP contribution >= 0.6 is 68.4 Å². The molecule has 0 unspecified atom stereocenters. The fourth-order valence-electron chi connectivity index (χ4n) is 9.94. The van der Waals surface area contributed by atoms with Crippen LogP contribution in [0.25, 0.3) is 0 Å². The molecule has 23 nitrogen and oxygen atoms in total. The first-order chi connectivity index (χ1) is 58.5. The van der Waals surface area contributed by atoms with E-state index in [9.17, 15) is 22.8 Å². The molecular weight excluding hydrogens is 1680 g/mol. The summed E-state index contributed by atoms with van der Waals surface area (Å²) in [6.45, 7) is 33.8. The molecule has 0 aliphatic carbocycles. The molecule has 1 aliphatic heterocycles. The minimum Gasteiger partial charge on any atom is -0.487 e. The van der Waals surface area contributed by atoms with Crippen molar-refractivity contribution in [2.45, 2.75) is 120 Å². The molecule has 0 spiro atoms. The Morgan fingerprint density at radius 1 is 0.516 bits per heavy atom. The topological polar surface area (TPSA) is 276 Å². The second kappa shape index (κ2) is 55.3. The Bertz CT molecular complexity index is 5240. The average Bonchev–Trinajstić information content (AvgIpc) is 1.63. The summed E-state index contributed by atoms with van der Waals surface area (Å²) in [6, 6.07) is 63.2. The van der Waals surface area contributed by atoms with Crippen molar-refractivity contribution in [2.24, 2.45) is 0 Å². The van der Waals surface area contributed by atoms with Crippen LogP contribution in [0.3, 0.4) is 0 Å². The molecule has 0 fully saturated rings. The normalized spacial score (nSPS) is 10.4. The Labute approximate surface area is 742 Å². The summed E-state index contributed by atoms with van der Waals surface area (Å²) in [6.07, 6.45) is 9.31. The molecule has 0 bridgehead atoms. The molecule has 0 atom stereocenters. The molecule has 14 aromatic rings. The summed E-state index contributed by atoms with van der Waals surface area (Å²) in [5.74, 6) is 1.21. The third-order valence-corrected chi connectivity index (χ3v) is 22.9. The van der Waals surface area contributed by atoms with E-state index in [1.807, 2.05) is 175 Å². The number of amides is 3. The van der Waals surface area contributed by atoms with Crippen LogP contribution in [0.2, 0.25) is 0 Å². The van der Waals surface area contributed by atoms with Gasteiger partial charge in [-0.25, -0.2) is 18.4 Å². The van der Waals surface area contributed by atoms with Gasteiger partial charge >= 0.3 is 6.08 Å². The van der Waals surface area contributed by atoms with E-state index in [1.165, 1.54) is 59.6 Å². The van der Waals surface area contributed by atoms with Gasteiger partial charge in [0, 0.05) is 51.0 Å². The number of carbonyl (C=O) groups is 3. The Morgan fingerprint density at radius 2 is 1.12 bits per heavy atom. The summed E-state index contributed by atoms with van der Waals surface area (Å²) in [4.78, 5) is 50.5. The monoisotopic (exact) mass is 1780 g/mol. The number of aromatic nitrogens is 8. The van der Waals surface area contributed by atoms with Crippen molar-refractivity contribution in [2.75, 3.05) is 59.2 Å². The van der Waals surface area contributed by atoms with Crippen LogP contribution in [-0.4, -0.2) is 126 Å². The SMILES string of the molecule is C=CCNC(=O)c1cccc(C)c1.CCOc1ccc(C)s1.CCSc1ccccc1C.COc1ccc(C)s1.COc1cnc(C)s1.COc1ncc(C)s1.COc1nnc(C)o1.COc1nnc(C)s1.Cc1ccc(S(=O)(=O)Nc2ccccc2C)cc1.Cc1ccccc1CN1C(=O)c2ccccc2C1=O.Cc1cnn(Cc2ccccc2)c1. The molecule has 7 aromatic carbocycles. The number of thioether (sulfide) groups is 1. The second-order valence-corrected chi connectivity index (χ2v) is 35.0. The average molecular weight is 1790 g/mol. The lowest BCUT2D eigenvalue weighted by molar-refractivity contribution is 0.0641. The molecule has 122 heavy (non-hydrogen) atoms. The van der Waals surface area contributed by atoms with E-state index in [2.05, 4.69) is 134 Å². The van der Waals surface area contributed by atoms with Gasteiger partial charge in [-0.1, -0.05) is 191 Å². The highest BCUT2D eigenvalue weighted by Gasteiger charge is 2.35. The van der Waals surface area contributed by atoms with Crippen LogP contribution in [0.1, 0.15) is 120 Å². The number of ether oxygens (including phenoxy) is 6. The zero-order chi connectivity index (χ0) is 89.4. The third kappa shape index (κ3) is 37.6. The number of benzene rings is 7. The maximum Gasteiger partial charge on any atom is 0.414 e.